The molecule has 0 saturated carbocycles. The van der Waals surface area contributed by atoms with Gasteiger partial charge in [-0.2, -0.15) is 5.01 Å². The zero-order valence-electron chi connectivity index (χ0n) is 11.4. The molecule has 0 aromatic heterocycles. The number of anilines is 1. The van der Waals surface area contributed by atoms with E-state index in [9.17, 15) is 9.59 Å². The lowest BCUT2D eigenvalue weighted by molar-refractivity contribution is -0.116. The molecule has 1 heterocycles. The number of halogens is 1. The molecular formula is C16H12ClN3O2. The van der Waals surface area contributed by atoms with Crippen LogP contribution < -0.4 is 10.3 Å². The van der Waals surface area contributed by atoms with E-state index in [2.05, 4.69) is 10.4 Å². The molecule has 1 aliphatic rings. The number of rotatable bonds is 2. The molecule has 0 saturated heterocycles. The first-order chi connectivity index (χ1) is 10.7. The van der Waals surface area contributed by atoms with Crippen molar-refractivity contribution in [1.29, 1.82) is 0 Å². The lowest BCUT2D eigenvalue weighted by Gasteiger charge is -2.10. The number of amides is 2. The fourth-order valence-electron chi connectivity index (χ4n) is 2.05. The van der Waals surface area contributed by atoms with E-state index in [0.717, 1.165) is 0 Å². The van der Waals surface area contributed by atoms with E-state index >= 15 is 0 Å². The standard InChI is InChI=1S/C16H12ClN3O2/c17-13-14(18-15(21)11-7-3-1-4-8-11)19-20(16(13)22)12-9-5-2-6-10-12/h1-10,13H,(H,18,19,21)/t13-/m1/s1. The van der Waals surface area contributed by atoms with Crippen molar-refractivity contribution in [3.8, 4) is 0 Å². The monoisotopic (exact) mass is 313 g/mol. The number of carbonyl (C=O) groups excluding carboxylic acids is 2. The fourth-order valence-corrected chi connectivity index (χ4v) is 2.24. The quantitative estimate of drug-likeness (QED) is 0.865. The van der Waals surface area contributed by atoms with Crippen LogP contribution in [-0.2, 0) is 4.79 Å². The minimum Gasteiger partial charge on any atom is -0.307 e. The Morgan fingerprint density at radius 3 is 2.27 bits per heavy atom. The first-order valence-corrected chi connectivity index (χ1v) is 7.08. The van der Waals surface area contributed by atoms with Gasteiger partial charge in [-0.25, -0.2) is 0 Å². The number of hydrazone groups is 1. The van der Waals surface area contributed by atoms with Gasteiger partial charge in [-0.1, -0.05) is 36.4 Å². The lowest BCUT2D eigenvalue weighted by atomic mass is 10.2. The van der Waals surface area contributed by atoms with Gasteiger partial charge in [-0.05, 0) is 24.3 Å². The summed E-state index contributed by atoms with van der Waals surface area (Å²) in [5.41, 5.74) is 1.07. The summed E-state index contributed by atoms with van der Waals surface area (Å²) in [5.74, 6) is -0.617. The van der Waals surface area contributed by atoms with Crippen molar-refractivity contribution in [2.24, 2.45) is 5.10 Å². The second-order valence-electron chi connectivity index (χ2n) is 4.65. The molecule has 2 aromatic carbocycles. The third-order valence-electron chi connectivity index (χ3n) is 3.15. The highest BCUT2D eigenvalue weighted by atomic mass is 35.5. The van der Waals surface area contributed by atoms with Gasteiger partial charge < -0.3 is 5.32 Å². The molecule has 1 N–H and O–H groups in total. The predicted molar refractivity (Wildman–Crippen MR) is 84.9 cm³/mol. The molecule has 0 bridgehead atoms. The molecule has 110 valence electrons. The third kappa shape index (κ3) is 2.71. The summed E-state index contributed by atoms with van der Waals surface area (Å²) in [6, 6.07) is 17.6. The summed E-state index contributed by atoms with van der Waals surface area (Å²) in [6.45, 7) is 0. The maximum Gasteiger partial charge on any atom is 0.273 e. The minimum absolute atomic E-state index is 0.129. The Morgan fingerprint density at radius 1 is 1.05 bits per heavy atom. The van der Waals surface area contributed by atoms with E-state index in [-0.39, 0.29) is 11.7 Å². The second kappa shape index (κ2) is 5.99. The number of carbonyl (C=O) groups is 2. The van der Waals surface area contributed by atoms with Crippen molar-refractivity contribution in [3.05, 3.63) is 66.2 Å². The van der Waals surface area contributed by atoms with Crippen LogP contribution in [0.1, 0.15) is 10.4 Å². The maximum absolute atomic E-state index is 12.2. The van der Waals surface area contributed by atoms with Gasteiger partial charge in [-0.3, -0.25) is 9.59 Å². The summed E-state index contributed by atoms with van der Waals surface area (Å²) in [7, 11) is 0. The molecule has 1 aliphatic heterocycles. The number of hydrogen-bond donors (Lipinski definition) is 1. The van der Waals surface area contributed by atoms with Gasteiger partial charge in [0.2, 0.25) is 0 Å². The molecule has 0 spiro atoms. The molecule has 6 heteroatoms. The number of para-hydroxylation sites is 1. The van der Waals surface area contributed by atoms with Crippen LogP contribution in [0.5, 0.6) is 0 Å². The van der Waals surface area contributed by atoms with Crippen LogP contribution in [-0.4, -0.2) is 23.0 Å². The van der Waals surface area contributed by atoms with Gasteiger partial charge in [0.25, 0.3) is 11.8 Å². The first kappa shape index (κ1) is 14.3. The summed E-state index contributed by atoms with van der Waals surface area (Å²) in [5, 5.41) is 6.90. The molecule has 0 unspecified atom stereocenters. The predicted octanol–water partition coefficient (Wildman–Crippen LogP) is 2.38. The lowest BCUT2D eigenvalue weighted by Crippen LogP contribution is -2.37. The van der Waals surface area contributed by atoms with Gasteiger partial charge in [0, 0.05) is 5.56 Å². The number of hydrogen-bond acceptors (Lipinski definition) is 3. The van der Waals surface area contributed by atoms with Gasteiger partial charge in [-0.15, -0.1) is 16.7 Å². The summed E-state index contributed by atoms with van der Waals surface area (Å²) < 4.78 is 0. The fraction of sp³-hybridized carbons (Fsp3) is 0.0625. The zero-order valence-corrected chi connectivity index (χ0v) is 12.2. The third-order valence-corrected chi connectivity index (χ3v) is 3.55. The van der Waals surface area contributed by atoms with Crippen molar-refractivity contribution in [2.75, 3.05) is 5.01 Å². The highest BCUT2D eigenvalue weighted by Crippen LogP contribution is 2.22. The number of nitrogens with zero attached hydrogens (tertiary/aromatic N) is 2. The van der Waals surface area contributed by atoms with Gasteiger partial charge in [0.15, 0.2) is 11.2 Å². The van der Waals surface area contributed by atoms with Crippen molar-refractivity contribution in [3.63, 3.8) is 0 Å². The van der Waals surface area contributed by atoms with Crippen LogP contribution in [0.3, 0.4) is 0 Å². The molecule has 0 radical (unpaired) electrons. The Kier molecular flexibility index (Phi) is 3.89. The van der Waals surface area contributed by atoms with E-state index < -0.39 is 11.3 Å². The van der Waals surface area contributed by atoms with Crippen molar-refractivity contribution in [2.45, 2.75) is 5.38 Å². The van der Waals surface area contributed by atoms with Crippen molar-refractivity contribution in [1.82, 2.24) is 5.32 Å². The number of amidine groups is 1. The summed E-state index contributed by atoms with van der Waals surface area (Å²) in [6.07, 6.45) is 0. The molecule has 5 nitrogen and oxygen atoms in total. The van der Waals surface area contributed by atoms with E-state index in [0.29, 0.717) is 11.3 Å². The average molecular weight is 314 g/mol. The van der Waals surface area contributed by atoms with E-state index in [1.165, 1.54) is 5.01 Å². The topological polar surface area (TPSA) is 61.8 Å². The van der Waals surface area contributed by atoms with Crippen LogP contribution in [0.4, 0.5) is 5.69 Å². The smallest absolute Gasteiger partial charge is 0.273 e. The van der Waals surface area contributed by atoms with E-state index in [1.54, 1.807) is 48.5 Å². The Labute approximate surface area is 132 Å². The first-order valence-electron chi connectivity index (χ1n) is 6.65. The molecule has 2 amide bonds. The highest BCUT2D eigenvalue weighted by Gasteiger charge is 2.36. The van der Waals surface area contributed by atoms with Gasteiger partial charge in [0.05, 0.1) is 5.69 Å². The minimum atomic E-state index is -1.01. The Balaban J connectivity index is 1.82. The number of nitrogens with one attached hydrogen (secondary N) is 1. The molecule has 2 aromatic rings. The second-order valence-corrected chi connectivity index (χ2v) is 5.09. The van der Waals surface area contributed by atoms with Gasteiger partial charge in [0.1, 0.15) is 0 Å². The Hall–Kier alpha value is -2.66. The summed E-state index contributed by atoms with van der Waals surface area (Å²) in [4.78, 5) is 24.3. The van der Waals surface area contributed by atoms with Crippen LogP contribution in [0.15, 0.2) is 65.8 Å². The molecule has 22 heavy (non-hydrogen) atoms. The largest absolute Gasteiger partial charge is 0.307 e. The normalized spacial score (nSPS) is 17.3. The van der Waals surface area contributed by atoms with Crippen molar-refractivity contribution >= 4 is 34.9 Å². The average Bonchev–Trinajstić information content (AvgIpc) is 2.85. The molecule has 3 rings (SSSR count). The van der Waals surface area contributed by atoms with Crippen molar-refractivity contribution < 1.29 is 9.59 Å². The van der Waals surface area contributed by atoms with Crippen LogP contribution in [0, 0.1) is 0 Å². The Morgan fingerprint density at radius 2 is 1.64 bits per heavy atom. The molecule has 0 fully saturated rings. The highest BCUT2D eigenvalue weighted by molar-refractivity contribution is 6.47. The van der Waals surface area contributed by atoms with Crippen LogP contribution >= 0.6 is 11.6 Å². The van der Waals surface area contributed by atoms with E-state index in [1.807, 2.05) is 12.1 Å². The number of benzene rings is 2. The van der Waals surface area contributed by atoms with Crippen LogP contribution in [0.25, 0.3) is 0 Å². The number of alkyl halides is 1. The van der Waals surface area contributed by atoms with Gasteiger partial charge >= 0.3 is 0 Å². The summed E-state index contributed by atoms with van der Waals surface area (Å²) >= 11 is 6.07. The SMILES string of the molecule is O=C(NC1=NN(c2ccccc2)C(=O)[C@@H]1Cl)c1ccccc1. The maximum atomic E-state index is 12.2. The molecule has 1 atom stereocenters. The molecular weight excluding hydrogens is 302 g/mol. The van der Waals surface area contributed by atoms with E-state index in [4.69, 9.17) is 11.6 Å². The molecule has 0 aliphatic carbocycles. The van der Waals surface area contributed by atoms with Crippen LogP contribution in [0.2, 0.25) is 0 Å². The Bertz CT molecular complexity index is 732. The zero-order chi connectivity index (χ0) is 15.5.